The number of benzene rings is 2. The maximum Gasteiger partial charge on any atom is 0.123 e. The number of phenols is 2. The molecule has 3 rings (SSSR count). The molecule has 3 nitrogen and oxygen atoms in total. The number of hydrogen-bond acceptors (Lipinski definition) is 3. The summed E-state index contributed by atoms with van der Waals surface area (Å²) >= 11 is 0. The van der Waals surface area contributed by atoms with Gasteiger partial charge in [0.15, 0.2) is 0 Å². The summed E-state index contributed by atoms with van der Waals surface area (Å²) < 4.78 is 5.17. The smallest absolute Gasteiger partial charge is 0.123 e. The van der Waals surface area contributed by atoms with E-state index in [2.05, 4.69) is 19.6 Å². The van der Waals surface area contributed by atoms with Crippen molar-refractivity contribution in [1.82, 2.24) is 0 Å². The highest BCUT2D eigenvalue weighted by molar-refractivity contribution is 5.72. The van der Waals surface area contributed by atoms with Gasteiger partial charge in [-0.2, -0.15) is 0 Å². The van der Waals surface area contributed by atoms with Crippen LogP contribution in [0.2, 0.25) is 0 Å². The van der Waals surface area contributed by atoms with Crippen molar-refractivity contribution in [2.24, 2.45) is 5.92 Å². The Morgan fingerprint density at radius 1 is 1.07 bits per heavy atom. The Morgan fingerprint density at radius 2 is 1.68 bits per heavy atom. The molecule has 0 aromatic heterocycles. The minimum atomic E-state index is -0.0501. The van der Waals surface area contributed by atoms with Gasteiger partial charge in [-0.3, -0.25) is 0 Å². The Hall–Kier alpha value is -2.94. The van der Waals surface area contributed by atoms with Crippen LogP contribution in [-0.2, 0) is 0 Å². The fraction of sp³-hybridized carbons (Fsp3) is 0.280. The van der Waals surface area contributed by atoms with Crippen molar-refractivity contribution in [3.05, 3.63) is 76.9 Å². The molecule has 2 atom stereocenters. The Morgan fingerprint density at radius 3 is 2.25 bits per heavy atom. The summed E-state index contributed by atoms with van der Waals surface area (Å²) in [5, 5.41) is 21.4. The van der Waals surface area contributed by atoms with E-state index in [9.17, 15) is 10.2 Å². The number of ether oxygens (including phenoxy) is 1. The third-order valence-electron chi connectivity index (χ3n) is 5.46. The molecule has 28 heavy (non-hydrogen) atoms. The van der Waals surface area contributed by atoms with Crippen LogP contribution in [0.25, 0.3) is 12.2 Å². The topological polar surface area (TPSA) is 49.7 Å². The first-order chi connectivity index (χ1) is 13.4. The molecule has 1 aliphatic rings. The van der Waals surface area contributed by atoms with Crippen molar-refractivity contribution < 1.29 is 14.9 Å². The molecule has 0 unspecified atom stereocenters. The van der Waals surface area contributed by atoms with Crippen molar-refractivity contribution in [1.29, 1.82) is 0 Å². The van der Waals surface area contributed by atoms with Gasteiger partial charge < -0.3 is 14.9 Å². The van der Waals surface area contributed by atoms with Gasteiger partial charge in [0.25, 0.3) is 0 Å². The summed E-state index contributed by atoms with van der Waals surface area (Å²) in [6.07, 6.45) is 7.99. The standard InChI is InChI=1S/C25H28O3/c1-16(2)21-12-5-17(3)13-22(21)25-23(26)14-19(15-24(25)27)7-6-18-8-10-20(28-4)11-9-18/h6-11,13-15,21-22,26-27H,1,5,12H2,2-4H3/b7-6+/t21-,22+/m0/s1. The van der Waals surface area contributed by atoms with Crippen LogP contribution in [0, 0.1) is 5.92 Å². The molecule has 0 aliphatic heterocycles. The summed E-state index contributed by atoms with van der Waals surface area (Å²) in [4.78, 5) is 0. The molecule has 0 heterocycles. The predicted molar refractivity (Wildman–Crippen MR) is 116 cm³/mol. The summed E-state index contributed by atoms with van der Waals surface area (Å²) in [5.41, 5.74) is 4.71. The molecule has 1 aliphatic carbocycles. The van der Waals surface area contributed by atoms with Crippen molar-refractivity contribution in [2.75, 3.05) is 7.11 Å². The van der Waals surface area contributed by atoms with E-state index in [-0.39, 0.29) is 23.3 Å². The molecule has 0 amide bonds. The van der Waals surface area contributed by atoms with Crippen molar-refractivity contribution in [3.63, 3.8) is 0 Å². The van der Waals surface area contributed by atoms with Gasteiger partial charge in [0.1, 0.15) is 17.2 Å². The van der Waals surface area contributed by atoms with E-state index in [0.717, 1.165) is 35.3 Å². The van der Waals surface area contributed by atoms with Crippen molar-refractivity contribution in [3.8, 4) is 17.2 Å². The van der Waals surface area contributed by atoms with E-state index in [4.69, 9.17) is 4.74 Å². The van der Waals surface area contributed by atoms with Crippen molar-refractivity contribution in [2.45, 2.75) is 32.6 Å². The fourth-order valence-corrected chi connectivity index (χ4v) is 3.90. The minimum absolute atomic E-state index is 0.0501. The molecule has 0 radical (unpaired) electrons. The molecule has 146 valence electrons. The average Bonchev–Trinajstić information content (AvgIpc) is 2.66. The summed E-state index contributed by atoms with van der Waals surface area (Å²) in [6.45, 7) is 8.24. The second-order valence-electron chi connectivity index (χ2n) is 7.61. The van der Waals surface area contributed by atoms with Crippen LogP contribution >= 0.6 is 0 Å². The van der Waals surface area contributed by atoms with E-state index >= 15 is 0 Å². The van der Waals surface area contributed by atoms with Crippen LogP contribution in [0.1, 0.15) is 49.3 Å². The van der Waals surface area contributed by atoms with Gasteiger partial charge >= 0.3 is 0 Å². The molecule has 0 spiro atoms. The van der Waals surface area contributed by atoms with E-state index in [1.165, 1.54) is 5.57 Å². The maximum atomic E-state index is 10.7. The normalized spacial score (nSPS) is 19.5. The highest BCUT2D eigenvalue weighted by atomic mass is 16.5. The van der Waals surface area contributed by atoms with Gasteiger partial charge in [-0.15, -0.1) is 0 Å². The SMILES string of the molecule is C=C(C)[C@@H]1CCC(C)=C[C@H]1c1c(O)cc(/C=C/c2ccc(OC)cc2)cc1O. The highest BCUT2D eigenvalue weighted by Gasteiger charge is 2.29. The van der Waals surface area contributed by atoms with E-state index in [1.54, 1.807) is 19.2 Å². The molecule has 0 saturated carbocycles. The van der Waals surface area contributed by atoms with Gasteiger partial charge in [-0.05, 0) is 68.0 Å². The van der Waals surface area contributed by atoms with Gasteiger partial charge in [0.2, 0.25) is 0 Å². The zero-order valence-corrected chi connectivity index (χ0v) is 16.8. The highest BCUT2D eigenvalue weighted by Crippen LogP contribution is 2.46. The molecule has 2 N–H and O–H groups in total. The number of aromatic hydroxyl groups is 2. The molecule has 2 aromatic rings. The Labute approximate surface area is 167 Å². The first-order valence-corrected chi connectivity index (χ1v) is 9.59. The maximum absolute atomic E-state index is 10.7. The Balaban J connectivity index is 1.90. The molecule has 0 saturated heterocycles. The second-order valence-corrected chi connectivity index (χ2v) is 7.61. The Bertz CT molecular complexity index is 896. The monoisotopic (exact) mass is 376 g/mol. The lowest BCUT2D eigenvalue weighted by Crippen LogP contribution is -2.17. The largest absolute Gasteiger partial charge is 0.507 e. The molecular formula is C25H28O3. The molecule has 0 bridgehead atoms. The first-order valence-electron chi connectivity index (χ1n) is 9.59. The number of rotatable bonds is 5. The van der Waals surface area contributed by atoms with E-state index in [1.807, 2.05) is 43.3 Å². The minimum Gasteiger partial charge on any atom is -0.507 e. The third kappa shape index (κ3) is 4.30. The van der Waals surface area contributed by atoms with E-state index < -0.39 is 0 Å². The zero-order valence-electron chi connectivity index (χ0n) is 16.8. The summed E-state index contributed by atoms with van der Waals surface area (Å²) in [5.74, 6) is 1.22. The quantitative estimate of drug-likeness (QED) is 0.476. The van der Waals surface area contributed by atoms with Crippen LogP contribution < -0.4 is 4.74 Å². The van der Waals surface area contributed by atoms with Crippen molar-refractivity contribution >= 4 is 12.2 Å². The molecule has 2 aromatic carbocycles. The predicted octanol–water partition coefficient (Wildman–Crippen LogP) is 6.29. The average molecular weight is 376 g/mol. The molecule has 3 heteroatoms. The molecular weight excluding hydrogens is 348 g/mol. The van der Waals surface area contributed by atoms with Crippen LogP contribution in [-0.4, -0.2) is 17.3 Å². The zero-order chi connectivity index (χ0) is 20.3. The number of methoxy groups -OCH3 is 1. The lowest BCUT2D eigenvalue weighted by molar-refractivity contribution is 0.407. The number of allylic oxidation sites excluding steroid dienone is 3. The third-order valence-corrected chi connectivity index (χ3v) is 5.46. The van der Waals surface area contributed by atoms with Crippen LogP contribution in [0.4, 0.5) is 0 Å². The van der Waals surface area contributed by atoms with Crippen LogP contribution in [0.5, 0.6) is 17.2 Å². The van der Waals surface area contributed by atoms with Gasteiger partial charge in [0, 0.05) is 11.5 Å². The summed E-state index contributed by atoms with van der Waals surface area (Å²) in [6, 6.07) is 11.1. The lowest BCUT2D eigenvalue weighted by atomic mass is 9.73. The van der Waals surface area contributed by atoms with Crippen LogP contribution in [0.3, 0.4) is 0 Å². The fourth-order valence-electron chi connectivity index (χ4n) is 3.90. The number of hydrogen-bond donors (Lipinski definition) is 2. The molecule has 0 fully saturated rings. The first kappa shape index (κ1) is 19.8. The number of phenolic OH excluding ortho intramolecular Hbond substituents is 2. The van der Waals surface area contributed by atoms with E-state index in [0.29, 0.717) is 5.56 Å². The van der Waals surface area contributed by atoms with Gasteiger partial charge in [-0.1, -0.05) is 48.1 Å². The lowest BCUT2D eigenvalue weighted by Gasteiger charge is -2.31. The van der Waals surface area contributed by atoms with Gasteiger partial charge in [0.05, 0.1) is 7.11 Å². The van der Waals surface area contributed by atoms with Gasteiger partial charge in [-0.25, -0.2) is 0 Å². The van der Waals surface area contributed by atoms with Crippen LogP contribution in [0.15, 0.2) is 60.2 Å². The summed E-state index contributed by atoms with van der Waals surface area (Å²) in [7, 11) is 1.64. The Kier molecular flexibility index (Phi) is 5.93. The second kappa shape index (κ2) is 8.39.